The zero-order valence-electron chi connectivity index (χ0n) is 16.9. The molecule has 31 heavy (non-hydrogen) atoms. The zero-order valence-corrected chi connectivity index (χ0v) is 16.9. The molecule has 2 N–H and O–H groups in total. The Morgan fingerprint density at radius 3 is 2.55 bits per heavy atom. The first-order chi connectivity index (χ1) is 14.4. The van der Waals surface area contributed by atoms with Crippen LogP contribution in [0.4, 0.5) is 39.4 Å². The van der Waals surface area contributed by atoms with Gasteiger partial charge in [0, 0.05) is 38.0 Å². The molecule has 0 bridgehead atoms. The van der Waals surface area contributed by atoms with Crippen LogP contribution < -0.4 is 15.4 Å². The molecule has 1 aromatic heterocycles. The fourth-order valence-corrected chi connectivity index (χ4v) is 3.20. The third kappa shape index (κ3) is 4.78. The Labute approximate surface area is 174 Å². The van der Waals surface area contributed by atoms with E-state index in [2.05, 4.69) is 20.6 Å². The van der Waals surface area contributed by atoms with Crippen molar-refractivity contribution in [2.45, 2.75) is 25.4 Å². The Kier molecular flexibility index (Phi) is 5.92. The summed E-state index contributed by atoms with van der Waals surface area (Å²) in [7, 11) is 2.62. The van der Waals surface area contributed by atoms with Gasteiger partial charge in [-0.25, -0.2) is 13.8 Å². The summed E-state index contributed by atoms with van der Waals surface area (Å²) in [4.78, 5) is 21.3. The van der Waals surface area contributed by atoms with Crippen molar-refractivity contribution in [3.63, 3.8) is 0 Å². The van der Waals surface area contributed by atoms with E-state index in [1.807, 2.05) is 0 Å². The van der Waals surface area contributed by atoms with Gasteiger partial charge in [-0.2, -0.15) is 18.2 Å². The van der Waals surface area contributed by atoms with Crippen molar-refractivity contribution >= 4 is 23.4 Å². The summed E-state index contributed by atoms with van der Waals surface area (Å²) in [6.45, 7) is 0.903. The number of alkyl halides is 5. The highest BCUT2D eigenvalue weighted by atomic mass is 19.4. The average molecular weight is 445 g/mol. The van der Waals surface area contributed by atoms with E-state index in [0.29, 0.717) is 17.4 Å². The molecule has 1 aliphatic heterocycles. The molecule has 1 aliphatic rings. The Morgan fingerprint density at radius 1 is 1.29 bits per heavy atom. The Balaban J connectivity index is 1.89. The highest BCUT2D eigenvalue weighted by molar-refractivity contribution is 5.98. The second-order valence-electron chi connectivity index (χ2n) is 7.03. The number of halogens is 5. The van der Waals surface area contributed by atoms with E-state index < -0.39 is 42.4 Å². The summed E-state index contributed by atoms with van der Waals surface area (Å²) in [5.41, 5.74) is -0.0164. The zero-order chi connectivity index (χ0) is 23.0. The maximum atomic E-state index is 13.5. The van der Waals surface area contributed by atoms with Crippen molar-refractivity contribution in [2.75, 3.05) is 37.9 Å². The first-order valence-electron chi connectivity index (χ1n) is 9.20. The van der Waals surface area contributed by atoms with Gasteiger partial charge in [0.1, 0.15) is 17.1 Å². The fourth-order valence-electron chi connectivity index (χ4n) is 3.20. The van der Waals surface area contributed by atoms with Gasteiger partial charge >= 0.3 is 6.18 Å². The van der Waals surface area contributed by atoms with Gasteiger partial charge < -0.3 is 20.3 Å². The molecule has 2 aromatic rings. The van der Waals surface area contributed by atoms with Crippen LogP contribution in [0.1, 0.15) is 27.9 Å². The summed E-state index contributed by atoms with van der Waals surface area (Å²) in [5.74, 6) is -3.91. The minimum absolute atomic E-state index is 0.0692. The number of benzene rings is 1. The second kappa shape index (κ2) is 8.16. The van der Waals surface area contributed by atoms with E-state index in [9.17, 15) is 26.7 Å². The molecule has 0 radical (unpaired) electrons. The van der Waals surface area contributed by atoms with E-state index in [4.69, 9.17) is 4.74 Å². The average Bonchev–Trinajstić information content (AvgIpc) is 3.07. The summed E-state index contributed by atoms with van der Waals surface area (Å²) in [5, 5.41) is 5.17. The number of anilines is 3. The molecular formula is C19H20F5N5O2. The number of hydrogen-bond donors (Lipinski definition) is 2. The normalized spacial score (nSPS) is 15.7. The lowest BCUT2D eigenvalue weighted by atomic mass is 10.1. The summed E-state index contributed by atoms with van der Waals surface area (Å²) in [6, 6.07) is 2.90. The molecule has 1 aromatic carbocycles. The molecule has 7 nitrogen and oxygen atoms in total. The maximum Gasteiger partial charge on any atom is 0.421 e. The fraction of sp³-hybridized carbons (Fsp3) is 0.421. The Hall–Kier alpha value is -3.18. The molecule has 0 atom stereocenters. The number of amides is 1. The number of likely N-dealkylation sites (tertiary alicyclic amines) is 1. The molecule has 2 heterocycles. The SMILES string of the molecule is CNc1nc(Nc2cc(OC)c(C(=O)N3CCC(F)(F)C3)cc2C)ncc1C(F)(F)F. The van der Waals surface area contributed by atoms with Crippen LogP contribution in [0.25, 0.3) is 0 Å². The number of ether oxygens (including phenoxy) is 1. The Bertz CT molecular complexity index is 996. The predicted molar refractivity (Wildman–Crippen MR) is 103 cm³/mol. The van der Waals surface area contributed by atoms with Crippen LogP contribution >= 0.6 is 0 Å². The van der Waals surface area contributed by atoms with Crippen molar-refractivity contribution in [1.82, 2.24) is 14.9 Å². The smallest absolute Gasteiger partial charge is 0.421 e. The van der Waals surface area contributed by atoms with Crippen molar-refractivity contribution in [1.29, 1.82) is 0 Å². The maximum absolute atomic E-state index is 13.5. The van der Waals surface area contributed by atoms with Gasteiger partial charge in [0.2, 0.25) is 5.95 Å². The molecule has 0 aliphatic carbocycles. The highest BCUT2D eigenvalue weighted by Gasteiger charge is 2.41. The van der Waals surface area contributed by atoms with Gasteiger partial charge in [0.15, 0.2) is 0 Å². The summed E-state index contributed by atoms with van der Waals surface area (Å²) < 4.78 is 71.2. The second-order valence-corrected chi connectivity index (χ2v) is 7.03. The first-order valence-corrected chi connectivity index (χ1v) is 9.20. The van der Waals surface area contributed by atoms with Gasteiger partial charge in [0.05, 0.1) is 19.2 Å². The van der Waals surface area contributed by atoms with Crippen LogP contribution in [0.3, 0.4) is 0 Å². The van der Waals surface area contributed by atoms with Crippen LogP contribution in [0.5, 0.6) is 5.75 Å². The first kappa shape index (κ1) is 22.5. The number of nitrogens with one attached hydrogen (secondary N) is 2. The number of aryl methyl sites for hydroxylation is 1. The highest BCUT2D eigenvalue weighted by Crippen LogP contribution is 2.35. The predicted octanol–water partition coefficient (Wildman–Crippen LogP) is 4.08. The standard InChI is InChI=1S/C19H20F5N5O2/c1-10-6-11(16(30)29-5-4-18(20,21)9-29)14(31-3)7-13(10)27-17-26-8-12(19(22,23)24)15(25-2)28-17/h6-8H,4-5,9H2,1-3H3,(H2,25,26,27,28). The van der Waals surface area contributed by atoms with Crippen LogP contribution in [-0.2, 0) is 6.18 Å². The van der Waals surface area contributed by atoms with E-state index in [0.717, 1.165) is 4.90 Å². The molecule has 0 unspecified atom stereocenters. The quantitative estimate of drug-likeness (QED) is 0.676. The topological polar surface area (TPSA) is 79.4 Å². The van der Waals surface area contributed by atoms with E-state index in [1.54, 1.807) is 6.92 Å². The number of rotatable bonds is 5. The number of carbonyl (C=O) groups excluding carboxylic acids is 1. The Morgan fingerprint density at radius 2 is 2.00 bits per heavy atom. The van der Waals surface area contributed by atoms with Crippen LogP contribution in [-0.4, -0.2) is 53.9 Å². The molecule has 1 amide bonds. The molecular weight excluding hydrogens is 425 g/mol. The number of methoxy groups -OCH3 is 1. The number of nitrogens with zero attached hydrogens (tertiary/aromatic N) is 3. The minimum Gasteiger partial charge on any atom is -0.496 e. The van der Waals surface area contributed by atoms with Gasteiger partial charge in [-0.05, 0) is 18.6 Å². The molecule has 1 fully saturated rings. The molecule has 0 spiro atoms. The van der Waals surface area contributed by atoms with Crippen LogP contribution in [0.15, 0.2) is 18.3 Å². The van der Waals surface area contributed by atoms with Crippen LogP contribution in [0.2, 0.25) is 0 Å². The number of aromatic nitrogens is 2. The third-order valence-corrected chi connectivity index (χ3v) is 4.81. The van der Waals surface area contributed by atoms with Crippen molar-refractivity contribution in [3.8, 4) is 5.75 Å². The van der Waals surface area contributed by atoms with E-state index in [-0.39, 0.29) is 23.8 Å². The molecule has 12 heteroatoms. The van der Waals surface area contributed by atoms with Gasteiger partial charge in [0.25, 0.3) is 11.8 Å². The summed E-state index contributed by atoms with van der Waals surface area (Å²) in [6.07, 6.45) is -4.37. The monoisotopic (exact) mass is 445 g/mol. The third-order valence-electron chi connectivity index (χ3n) is 4.81. The number of carbonyl (C=O) groups is 1. The minimum atomic E-state index is -4.62. The van der Waals surface area contributed by atoms with E-state index in [1.165, 1.54) is 26.3 Å². The lowest BCUT2D eigenvalue weighted by Crippen LogP contribution is -2.31. The molecule has 1 saturated heterocycles. The number of hydrogen-bond acceptors (Lipinski definition) is 6. The van der Waals surface area contributed by atoms with Crippen molar-refractivity contribution in [3.05, 3.63) is 35.0 Å². The lowest BCUT2D eigenvalue weighted by molar-refractivity contribution is -0.137. The largest absolute Gasteiger partial charge is 0.496 e. The van der Waals surface area contributed by atoms with Crippen molar-refractivity contribution < 1.29 is 31.5 Å². The van der Waals surface area contributed by atoms with Gasteiger partial charge in [-0.1, -0.05) is 0 Å². The van der Waals surface area contributed by atoms with E-state index >= 15 is 0 Å². The van der Waals surface area contributed by atoms with Crippen molar-refractivity contribution in [2.24, 2.45) is 0 Å². The molecule has 0 saturated carbocycles. The summed E-state index contributed by atoms with van der Waals surface area (Å²) >= 11 is 0. The molecule has 3 rings (SSSR count). The van der Waals surface area contributed by atoms with Gasteiger partial charge in [-0.3, -0.25) is 4.79 Å². The van der Waals surface area contributed by atoms with Crippen LogP contribution in [0, 0.1) is 6.92 Å². The van der Waals surface area contributed by atoms with Gasteiger partial charge in [-0.15, -0.1) is 0 Å². The molecule has 168 valence electrons. The lowest BCUT2D eigenvalue weighted by Gasteiger charge is -2.20.